The van der Waals surface area contributed by atoms with E-state index in [1.54, 1.807) is 21.3 Å². The van der Waals surface area contributed by atoms with Gasteiger partial charge in [-0.25, -0.2) is 4.99 Å². The number of benzene rings is 1. The SMILES string of the molecule is CCNC(=NCc1cc(OC)c(OC)cc1OC)NCCCOCC1CCOC1. The molecule has 0 spiro atoms. The molecule has 0 radical (unpaired) electrons. The Bertz CT molecular complexity index is 633. The Morgan fingerprint density at radius 2 is 1.86 bits per heavy atom. The summed E-state index contributed by atoms with van der Waals surface area (Å²) in [5, 5.41) is 6.61. The van der Waals surface area contributed by atoms with E-state index in [-0.39, 0.29) is 0 Å². The molecule has 1 saturated heterocycles. The van der Waals surface area contributed by atoms with Crippen molar-refractivity contribution in [3.05, 3.63) is 17.7 Å². The molecule has 0 amide bonds. The Morgan fingerprint density at radius 1 is 1.10 bits per heavy atom. The first-order valence-corrected chi connectivity index (χ1v) is 10.2. The van der Waals surface area contributed by atoms with E-state index in [0.717, 1.165) is 63.9 Å². The molecule has 1 unspecified atom stereocenters. The maximum atomic E-state index is 5.74. The fourth-order valence-electron chi connectivity index (χ4n) is 3.07. The van der Waals surface area contributed by atoms with Gasteiger partial charge in [0.05, 0.1) is 41.1 Å². The van der Waals surface area contributed by atoms with Crippen LogP contribution in [0, 0.1) is 5.92 Å². The van der Waals surface area contributed by atoms with Crippen LogP contribution in [0.4, 0.5) is 0 Å². The molecule has 1 aliphatic heterocycles. The fourth-order valence-corrected chi connectivity index (χ4v) is 3.07. The minimum Gasteiger partial charge on any atom is -0.496 e. The molecular formula is C21H35N3O5. The van der Waals surface area contributed by atoms with Crippen LogP contribution in [0.15, 0.2) is 17.1 Å². The zero-order valence-electron chi connectivity index (χ0n) is 18.1. The summed E-state index contributed by atoms with van der Waals surface area (Å²) in [5.74, 6) is 3.31. The highest BCUT2D eigenvalue weighted by Gasteiger charge is 2.15. The molecule has 8 nitrogen and oxygen atoms in total. The van der Waals surface area contributed by atoms with E-state index in [0.29, 0.717) is 29.7 Å². The highest BCUT2D eigenvalue weighted by Crippen LogP contribution is 2.34. The molecule has 2 rings (SSSR count). The number of methoxy groups -OCH3 is 3. The molecule has 1 fully saturated rings. The first-order valence-electron chi connectivity index (χ1n) is 10.2. The average molecular weight is 410 g/mol. The number of hydrogen-bond donors (Lipinski definition) is 2. The lowest BCUT2D eigenvalue weighted by molar-refractivity contribution is 0.0888. The number of aliphatic imine (C=N–C) groups is 1. The van der Waals surface area contributed by atoms with Crippen molar-refractivity contribution in [1.82, 2.24) is 10.6 Å². The molecule has 1 aliphatic rings. The van der Waals surface area contributed by atoms with Crippen LogP contribution < -0.4 is 24.8 Å². The zero-order chi connectivity index (χ0) is 20.9. The molecule has 164 valence electrons. The van der Waals surface area contributed by atoms with Crippen molar-refractivity contribution in [2.75, 3.05) is 60.8 Å². The molecule has 2 N–H and O–H groups in total. The van der Waals surface area contributed by atoms with Gasteiger partial charge in [0.15, 0.2) is 17.5 Å². The molecule has 1 aromatic carbocycles. The summed E-state index contributed by atoms with van der Waals surface area (Å²) in [6.07, 6.45) is 2.02. The molecule has 0 saturated carbocycles. The van der Waals surface area contributed by atoms with Gasteiger partial charge in [0.2, 0.25) is 0 Å². The molecule has 1 aromatic rings. The van der Waals surface area contributed by atoms with Gasteiger partial charge in [-0.2, -0.15) is 0 Å². The van der Waals surface area contributed by atoms with Crippen molar-refractivity contribution in [3.8, 4) is 17.2 Å². The Morgan fingerprint density at radius 3 is 2.52 bits per heavy atom. The molecule has 0 aliphatic carbocycles. The van der Waals surface area contributed by atoms with Crippen LogP contribution in [-0.2, 0) is 16.0 Å². The molecule has 8 heteroatoms. The van der Waals surface area contributed by atoms with Crippen LogP contribution in [0.3, 0.4) is 0 Å². The van der Waals surface area contributed by atoms with Crippen LogP contribution in [0.2, 0.25) is 0 Å². The summed E-state index contributed by atoms with van der Waals surface area (Å²) in [7, 11) is 4.86. The van der Waals surface area contributed by atoms with Crippen LogP contribution in [0.5, 0.6) is 17.2 Å². The maximum Gasteiger partial charge on any atom is 0.191 e. The molecule has 0 bridgehead atoms. The van der Waals surface area contributed by atoms with Gasteiger partial charge in [0, 0.05) is 43.9 Å². The summed E-state index contributed by atoms with van der Waals surface area (Å²) in [5.41, 5.74) is 0.921. The Hall–Kier alpha value is -2.19. The van der Waals surface area contributed by atoms with Crippen LogP contribution >= 0.6 is 0 Å². The highest BCUT2D eigenvalue weighted by molar-refractivity contribution is 5.79. The minimum atomic E-state index is 0.455. The van der Waals surface area contributed by atoms with Gasteiger partial charge >= 0.3 is 0 Å². The first kappa shape index (κ1) is 23.1. The third kappa shape index (κ3) is 7.62. The van der Waals surface area contributed by atoms with E-state index in [1.165, 1.54) is 0 Å². The van der Waals surface area contributed by atoms with Gasteiger partial charge in [-0.1, -0.05) is 0 Å². The summed E-state index contributed by atoms with van der Waals surface area (Å²) in [4.78, 5) is 4.66. The van der Waals surface area contributed by atoms with E-state index in [1.807, 2.05) is 19.1 Å². The zero-order valence-corrected chi connectivity index (χ0v) is 18.1. The lowest BCUT2D eigenvalue weighted by Gasteiger charge is -2.15. The molecule has 1 atom stereocenters. The number of hydrogen-bond acceptors (Lipinski definition) is 6. The number of nitrogens with one attached hydrogen (secondary N) is 2. The topological polar surface area (TPSA) is 82.6 Å². The van der Waals surface area contributed by atoms with Gasteiger partial charge in [0.1, 0.15) is 5.75 Å². The summed E-state index contributed by atoms with van der Waals surface area (Å²) in [6, 6.07) is 3.71. The predicted molar refractivity (Wildman–Crippen MR) is 113 cm³/mol. The van der Waals surface area contributed by atoms with Gasteiger partial charge in [0.25, 0.3) is 0 Å². The van der Waals surface area contributed by atoms with E-state index < -0.39 is 0 Å². The number of nitrogens with zero attached hydrogens (tertiary/aromatic N) is 1. The predicted octanol–water partition coefficient (Wildman–Crippen LogP) is 2.21. The second kappa shape index (κ2) is 13.1. The van der Waals surface area contributed by atoms with E-state index in [9.17, 15) is 0 Å². The van der Waals surface area contributed by atoms with Gasteiger partial charge in [-0.3, -0.25) is 0 Å². The Kier molecular flexibility index (Phi) is 10.4. The van der Waals surface area contributed by atoms with Gasteiger partial charge in [-0.15, -0.1) is 0 Å². The quantitative estimate of drug-likeness (QED) is 0.311. The van der Waals surface area contributed by atoms with Crippen molar-refractivity contribution in [3.63, 3.8) is 0 Å². The monoisotopic (exact) mass is 409 g/mol. The van der Waals surface area contributed by atoms with Crippen molar-refractivity contribution in [2.45, 2.75) is 26.3 Å². The third-order valence-corrected chi connectivity index (χ3v) is 4.67. The lowest BCUT2D eigenvalue weighted by atomic mass is 10.1. The molecule has 0 aromatic heterocycles. The minimum absolute atomic E-state index is 0.455. The Labute approximate surface area is 173 Å². The smallest absolute Gasteiger partial charge is 0.191 e. The van der Waals surface area contributed by atoms with Crippen molar-refractivity contribution in [1.29, 1.82) is 0 Å². The van der Waals surface area contributed by atoms with Crippen LogP contribution in [0.25, 0.3) is 0 Å². The molecule has 1 heterocycles. The summed E-state index contributed by atoms with van der Waals surface area (Å²) >= 11 is 0. The average Bonchev–Trinajstić information content (AvgIpc) is 3.27. The van der Waals surface area contributed by atoms with Gasteiger partial charge < -0.3 is 34.3 Å². The fraction of sp³-hybridized carbons (Fsp3) is 0.667. The van der Waals surface area contributed by atoms with Gasteiger partial charge in [-0.05, 0) is 25.8 Å². The number of guanidine groups is 1. The van der Waals surface area contributed by atoms with E-state index >= 15 is 0 Å². The first-order chi connectivity index (χ1) is 14.2. The van der Waals surface area contributed by atoms with Crippen molar-refractivity contribution in [2.24, 2.45) is 10.9 Å². The van der Waals surface area contributed by atoms with Crippen LogP contribution in [-0.4, -0.2) is 66.8 Å². The second-order valence-corrected chi connectivity index (χ2v) is 6.80. The lowest BCUT2D eigenvalue weighted by Crippen LogP contribution is -2.38. The van der Waals surface area contributed by atoms with Crippen molar-refractivity contribution >= 4 is 5.96 Å². The molecule has 29 heavy (non-hydrogen) atoms. The third-order valence-electron chi connectivity index (χ3n) is 4.67. The summed E-state index contributed by atoms with van der Waals surface area (Å²) in [6.45, 7) is 7.28. The highest BCUT2D eigenvalue weighted by atomic mass is 16.5. The van der Waals surface area contributed by atoms with E-state index in [2.05, 4.69) is 15.6 Å². The standard InChI is InChI=1S/C21H35N3O5/c1-5-22-21(23-8-6-9-28-14-16-7-10-29-15-16)24-13-17-11-19(26-3)20(27-4)12-18(17)25-2/h11-12,16H,5-10,13-15H2,1-4H3,(H2,22,23,24). The maximum absolute atomic E-state index is 5.74. The summed E-state index contributed by atoms with van der Waals surface area (Å²) < 4.78 is 27.3. The number of ether oxygens (including phenoxy) is 5. The number of rotatable bonds is 12. The second-order valence-electron chi connectivity index (χ2n) is 6.80. The Balaban J connectivity index is 1.84. The van der Waals surface area contributed by atoms with Crippen LogP contribution in [0.1, 0.15) is 25.3 Å². The largest absolute Gasteiger partial charge is 0.496 e. The normalized spacial score (nSPS) is 16.6. The molecular weight excluding hydrogens is 374 g/mol. The van der Waals surface area contributed by atoms with E-state index in [4.69, 9.17) is 23.7 Å². The van der Waals surface area contributed by atoms with Crippen molar-refractivity contribution < 1.29 is 23.7 Å².